The molecule has 0 bridgehead atoms. The Hall–Kier alpha value is -2.70. The van der Waals surface area contributed by atoms with Crippen LogP contribution in [0, 0.1) is 5.82 Å². The van der Waals surface area contributed by atoms with Crippen LogP contribution >= 0.6 is 0 Å². The highest BCUT2D eigenvalue weighted by molar-refractivity contribution is 5.80. The molecule has 1 saturated heterocycles. The first-order valence-electron chi connectivity index (χ1n) is 7.99. The molecular weight excluding hydrogens is 307 g/mol. The summed E-state index contributed by atoms with van der Waals surface area (Å²) in [6.45, 7) is 2.06. The van der Waals surface area contributed by atoms with Gasteiger partial charge in [-0.25, -0.2) is 9.37 Å². The summed E-state index contributed by atoms with van der Waals surface area (Å²) in [7, 11) is 1.74. The molecule has 3 heterocycles. The summed E-state index contributed by atoms with van der Waals surface area (Å²) >= 11 is 0. The molecule has 126 valence electrons. The molecule has 0 aliphatic carbocycles. The van der Waals surface area contributed by atoms with E-state index in [0.717, 1.165) is 18.7 Å². The van der Waals surface area contributed by atoms with Gasteiger partial charge in [-0.3, -0.25) is 9.98 Å². The molecule has 0 spiro atoms. The molecule has 1 aliphatic rings. The van der Waals surface area contributed by atoms with Crippen molar-refractivity contribution in [3.8, 4) is 0 Å². The second kappa shape index (κ2) is 7.72. The molecule has 1 unspecified atom stereocenters. The molecule has 24 heavy (non-hydrogen) atoms. The fraction of sp³-hybridized carbons (Fsp3) is 0.353. The molecule has 0 saturated carbocycles. The molecule has 6 nitrogen and oxygen atoms in total. The molecule has 2 N–H and O–H groups in total. The molecule has 1 fully saturated rings. The van der Waals surface area contributed by atoms with Crippen LogP contribution in [-0.2, 0) is 6.54 Å². The summed E-state index contributed by atoms with van der Waals surface area (Å²) in [5.74, 6) is 0.850. The van der Waals surface area contributed by atoms with E-state index in [4.69, 9.17) is 0 Å². The zero-order chi connectivity index (χ0) is 16.8. The predicted molar refractivity (Wildman–Crippen MR) is 92.4 cm³/mol. The highest BCUT2D eigenvalue weighted by atomic mass is 19.1. The lowest BCUT2D eigenvalue weighted by atomic mass is 10.3. The van der Waals surface area contributed by atoms with Gasteiger partial charge in [0.15, 0.2) is 17.6 Å². The number of halogens is 1. The van der Waals surface area contributed by atoms with Crippen LogP contribution in [0.1, 0.15) is 12.1 Å². The third-order valence-corrected chi connectivity index (χ3v) is 3.95. The second-order valence-corrected chi connectivity index (χ2v) is 5.63. The van der Waals surface area contributed by atoms with Crippen molar-refractivity contribution in [3.63, 3.8) is 0 Å². The van der Waals surface area contributed by atoms with E-state index < -0.39 is 0 Å². The number of aromatic nitrogens is 2. The molecule has 0 amide bonds. The standard InChI is InChI=1S/C17H21FN6/c1-19-17(22-11-13-5-2-3-8-20-13)23-14-7-10-24(12-14)16-15(18)6-4-9-21-16/h2-6,8-9,14H,7,10-12H2,1H3,(H2,19,22,23). The van der Waals surface area contributed by atoms with Crippen molar-refractivity contribution in [3.05, 3.63) is 54.2 Å². The van der Waals surface area contributed by atoms with Crippen molar-refractivity contribution >= 4 is 11.8 Å². The fourth-order valence-electron chi connectivity index (χ4n) is 2.75. The first-order valence-corrected chi connectivity index (χ1v) is 7.99. The normalized spacial score (nSPS) is 17.8. The van der Waals surface area contributed by atoms with Crippen LogP contribution in [0.4, 0.5) is 10.2 Å². The number of aliphatic imine (C=N–C) groups is 1. The maximum Gasteiger partial charge on any atom is 0.191 e. The number of pyridine rings is 2. The van der Waals surface area contributed by atoms with Crippen molar-refractivity contribution in [1.29, 1.82) is 0 Å². The minimum absolute atomic E-state index is 0.196. The summed E-state index contributed by atoms with van der Waals surface area (Å²) in [6.07, 6.45) is 4.29. The van der Waals surface area contributed by atoms with Crippen molar-refractivity contribution in [1.82, 2.24) is 20.6 Å². The minimum atomic E-state index is -0.282. The van der Waals surface area contributed by atoms with Crippen molar-refractivity contribution in [2.24, 2.45) is 4.99 Å². The monoisotopic (exact) mass is 328 g/mol. The smallest absolute Gasteiger partial charge is 0.191 e. The number of hydrogen-bond acceptors (Lipinski definition) is 4. The number of hydrogen-bond donors (Lipinski definition) is 2. The van der Waals surface area contributed by atoms with Crippen LogP contribution in [0.5, 0.6) is 0 Å². The molecule has 2 aromatic heterocycles. The molecular formula is C17H21FN6. The first kappa shape index (κ1) is 16.2. The number of rotatable bonds is 4. The lowest BCUT2D eigenvalue weighted by Crippen LogP contribution is -2.44. The largest absolute Gasteiger partial charge is 0.352 e. The van der Waals surface area contributed by atoms with E-state index in [1.807, 2.05) is 23.1 Å². The van der Waals surface area contributed by atoms with Gasteiger partial charge in [-0.1, -0.05) is 6.07 Å². The molecule has 3 rings (SSSR count). The molecule has 1 aliphatic heterocycles. The van der Waals surface area contributed by atoms with Crippen LogP contribution in [0.2, 0.25) is 0 Å². The van der Waals surface area contributed by atoms with E-state index in [1.165, 1.54) is 6.07 Å². The molecule has 7 heteroatoms. The van der Waals surface area contributed by atoms with Crippen LogP contribution < -0.4 is 15.5 Å². The maximum atomic E-state index is 13.8. The Kier molecular flexibility index (Phi) is 5.20. The Labute approximate surface area is 140 Å². The van der Waals surface area contributed by atoms with Crippen LogP contribution in [0.15, 0.2) is 47.7 Å². The Balaban J connectivity index is 1.53. The molecule has 0 aromatic carbocycles. The van der Waals surface area contributed by atoms with Gasteiger partial charge in [0.2, 0.25) is 0 Å². The van der Waals surface area contributed by atoms with Gasteiger partial charge in [0.25, 0.3) is 0 Å². The van der Waals surface area contributed by atoms with E-state index in [1.54, 1.807) is 25.5 Å². The van der Waals surface area contributed by atoms with Crippen LogP contribution in [0.25, 0.3) is 0 Å². The van der Waals surface area contributed by atoms with Crippen LogP contribution in [-0.4, -0.2) is 42.1 Å². The highest BCUT2D eigenvalue weighted by Crippen LogP contribution is 2.20. The van der Waals surface area contributed by atoms with E-state index in [-0.39, 0.29) is 11.9 Å². The Morgan fingerprint density at radius 2 is 2.17 bits per heavy atom. The first-order chi connectivity index (χ1) is 11.8. The van der Waals surface area contributed by atoms with E-state index in [2.05, 4.69) is 25.6 Å². The number of nitrogens with one attached hydrogen (secondary N) is 2. The van der Waals surface area contributed by atoms with Crippen molar-refractivity contribution in [2.75, 3.05) is 25.0 Å². The SMILES string of the molecule is CN=C(NCc1ccccn1)NC1CCN(c2ncccc2F)C1. The summed E-state index contributed by atoms with van der Waals surface area (Å²) in [4.78, 5) is 14.6. The summed E-state index contributed by atoms with van der Waals surface area (Å²) < 4.78 is 13.8. The molecule has 0 radical (unpaired) electrons. The summed E-state index contributed by atoms with van der Waals surface area (Å²) in [5, 5.41) is 6.62. The average Bonchev–Trinajstić information content (AvgIpc) is 3.08. The van der Waals surface area contributed by atoms with Gasteiger partial charge in [-0.2, -0.15) is 0 Å². The molecule has 1 atom stereocenters. The predicted octanol–water partition coefficient (Wildman–Crippen LogP) is 1.56. The van der Waals surface area contributed by atoms with Gasteiger partial charge in [0, 0.05) is 38.6 Å². The van der Waals surface area contributed by atoms with Gasteiger partial charge in [-0.15, -0.1) is 0 Å². The van der Waals surface area contributed by atoms with E-state index >= 15 is 0 Å². The Bertz CT molecular complexity index is 690. The van der Waals surface area contributed by atoms with Crippen LogP contribution in [0.3, 0.4) is 0 Å². The average molecular weight is 328 g/mol. The van der Waals surface area contributed by atoms with Crippen molar-refractivity contribution < 1.29 is 4.39 Å². The maximum absolute atomic E-state index is 13.8. The second-order valence-electron chi connectivity index (χ2n) is 5.63. The zero-order valence-corrected chi connectivity index (χ0v) is 13.6. The van der Waals surface area contributed by atoms with Gasteiger partial charge in [0.05, 0.1) is 12.2 Å². The zero-order valence-electron chi connectivity index (χ0n) is 13.6. The Morgan fingerprint density at radius 3 is 2.92 bits per heavy atom. The van der Waals surface area contributed by atoms with Crippen molar-refractivity contribution in [2.45, 2.75) is 19.0 Å². The third-order valence-electron chi connectivity index (χ3n) is 3.95. The number of guanidine groups is 1. The van der Waals surface area contributed by atoms with E-state index in [0.29, 0.717) is 24.9 Å². The third kappa shape index (κ3) is 3.98. The quantitative estimate of drug-likeness (QED) is 0.659. The lowest BCUT2D eigenvalue weighted by Gasteiger charge is -2.19. The van der Waals surface area contributed by atoms with E-state index in [9.17, 15) is 4.39 Å². The van der Waals surface area contributed by atoms with Gasteiger partial charge in [-0.05, 0) is 30.7 Å². The summed E-state index contributed by atoms with van der Waals surface area (Å²) in [6, 6.07) is 9.05. The topological polar surface area (TPSA) is 65.4 Å². The van der Waals surface area contributed by atoms with Gasteiger partial charge < -0.3 is 15.5 Å². The highest BCUT2D eigenvalue weighted by Gasteiger charge is 2.25. The Morgan fingerprint density at radius 1 is 1.29 bits per heavy atom. The summed E-state index contributed by atoms with van der Waals surface area (Å²) in [5.41, 5.74) is 0.948. The lowest BCUT2D eigenvalue weighted by molar-refractivity contribution is 0.612. The number of nitrogens with zero attached hydrogens (tertiary/aromatic N) is 4. The fourth-order valence-corrected chi connectivity index (χ4v) is 2.75. The minimum Gasteiger partial charge on any atom is -0.352 e. The van der Waals surface area contributed by atoms with Gasteiger partial charge in [0.1, 0.15) is 0 Å². The molecule has 2 aromatic rings. The number of anilines is 1. The van der Waals surface area contributed by atoms with Gasteiger partial charge >= 0.3 is 0 Å².